The third kappa shape index (κ3) is 12.1. The van der Waals surface area contributed by atoms with Crippen molar-refractivity contribution in [2.24, 2.45) is 0 Å². The molecule has 1 unspecified atom stereocenters. The smallest absolute Gasteiger partial charge is 0.380 e. The SMILES string of the molecule is Cc1ccc(NC(CCN2CCN(CCCP(OC(C)C)OC(C)C)CC2)CSc2ccccc2)c(S(=O)(=O)C(F)(F)F)c1. The Morgan fingerprint density at radius 1 is 0.932 bits per heavy atom. The largest absolute Gasteiger partial charge is 0.501 e. The summed E-state index contributed by atoms with van der Waals surface area (Å²) < 4.78 is 77.4. The van der Waals surface area contributed by atoms with Gasteiger partial charge >= 0.3 is 5.51 Å². The number of aryl methyl sites for hydroxylation is 1. The number of hydrogen-bond acceptors (Lipinski definition) is 8. The van der Waals surface area contributed by atoms with Crippen molar-refractivity contribution in [3.63, 3.8) is 0 Å². The molecule has 248 valence electrons. The first-order chi connectivity index (χ1) is 20.7. The number of anilines is 1. The molecule has 1 saturated heterocycles. The molecule has 0 spiro atoms. The first-order valence-electron chi connectivity index (χ1n) is 15.2. The lowest BCUT2D eigenvalue weighted by molar-refractivity contribution is -0.0435. The van der Waals surface area contributed by atoms with E-state index in [0.29, 0.717) is 17.7 Å². The van der Waals surface area contributed by atoms with Crippen LogP contribution in [0, 0.1) is 6.92 Å². The van der Waals surface area contributed by atoms with Crippen LogP contribution in [0.4, 0.5) is 18.9 Å². The molecule has 1 aliphatic rings. The van der Waals surface area contributed by atoms with Crippen molar-refractivity contribution >= 4 is 35.7 Å². The third-order valence-electron chi connectivity index (χ3n) is 7.02. The van der Waals surface area contributed by atoms with E-state index in [-0.39, 0.29) is 23.9 Å². The van der Waals surface area contributed by atoms with Crippen LogP contribution < -0.4 is 5.32 Å². The first-order valence-corrected chi connectivity index (χ1v) is 19.0. The number of nitrogens with one attached hydrogen (secondary N) is 1. The Morgan fingerprint density at radius 2 is 1.52 bits per heavy atom. The van der Waals surface area contributed by atoms with Crippen molar-refractivity contribution in [3.05, 3.63) is 54.1 Å². The van der Waals surface area contributed by atoms with Gasteiger partial charge in [-0.3, -0.25) is 0 Å². The summed E-state index contributed by atoms with van der Waals surface area (Å²) in [5.41, 5.74) is -4.95. The quantitative estimate of drug-likeness (QED) is 0.137. The third-order valence-corrected chi connectivity index (χ3v) is 11.7. The maximum Gasteiger partial charge on any atom is 0.501 e. The molecule has 2 aromatic carbocycles. The second-order valence-electron chi connectivity index (χ2n) is 11.6. The van der Waals surface area contributed by atoms with E-state index in [4.69, 9.17) is 9.05 Å². The molecular weight excluding hydrogens is 630 g/mol. The molecule has 0 aliphatic carbocycles. The Morgan fingerprint density at radius 3 is 2.09 bits per heavy atom. The molecule has 1 N–H and O–H groups in total. The molecule has 0 amide bonds. The average molecular weight is 678 g/mol. The molecule has 13 heteroatoms. The van der Waals surface area contributed by atoms with Crippen molar-refractivity contribution < 1.29 is 30.6 Å². The molecular formula is C31H47F3N3O4PS2. The molecule has 0 bridgehead atoms. The van der Waals surface area contributed by atoms with Crippen LogP contribution in [0.3, 0.4) is 0 Å². The molecule has 44 heavy (non-hydrogen) atoms. The van der Waals surface area contributed by atoms with Gasteiger partial charge in [-0.05, 0) is 83.8 Å². The Labute approximate surface area is 267 Å². The minimum atomic E-state index is -5.51. The van der Waals surface area contributed by atoms with Crippen molar-refractivity contribution in [2.45, 2.75) is 81.0 Å². The van der Waals surface area contributed by atoms with Crippen LogP contribution in [0.1, 0.15) is 46.1 Å². The van der Waals surface area contributed by atoms with Gasteiger partial charge < -0.3 is 24.2 Å². The van der Waals surface area contributed by atoms with Gasteiger partial charge in [-0.1, -0.05) is 24.3 Å². The second kappa shape index (κ2) is 17.5. The van der Waals surface area contributed by atoms with Gasteiger partial charge in [-0.15, -0.1) is 11.8 Å². The van der Waals surface area contributed by atoms with E-state index in [1.165, 1.54) is 6.07 Å². The van der Waals surface area contributed by atoms with E-state index in [0.717, 1.165) is 62.8 Å². The lowest BCUT2D eigenvalue weighted by Gasteiger charge is -2.35. The van der Waals surface area contributed by atoms with Gasteiger partial charge in [0.25, 0.3) is 9.84 Å². The fourth-order valence-corrected chi connectivity index (χ4v) is 8.43. The van der Waals surface area contributed by atoms with Crippen molar-refractivity contribution in [1.29, 1.82) is 0 Å². The minimum Gasteiger partial charge on any atom is -0.380 e. The van der Waals surface area contributed by atoms with Crippen LogP contribution in [0.15, 0.2) is 58.3 Å². The van der Waals surface area contributed by atoms with Gasteiger partial charge in [-0.25, -0.2) is 8.42 Å². The molecule has 0 radical (unpaired) electrons. The Hall–Kier alpha value is -1.40. The second-order valence-corrected chi connectivity index (χ2v) is 16.1. The molecule has 0 aromatic heterocycles. The fourth-order valence-electron chi connectivity index (χ4n) is 4.83. The van der Waals surface area contributed by atoms with Gasteiger partial charge in [0.05, 0.1) is 22.8 Å². The van der Waals surface area contributed by atoms with Crippen molar-refractivity contribution in [2.75, 3.05) is 56.5 Å². The van der Waals surface area contributed by atoms with E-state index < -0.39 is 28.6 Å². The molecule has 1 heterocycles. The van der Waals surface area contributed by atoms with Gasteiger partial charge in [0, 0.05) is 55.6 Å². The number of nitrogens with zero attached hydrogens (tertiary/aromatic N) is 2. The van der Waals surface area contributed by atoms with Crippen molar-refractivity contribution in [3.8, 4) is 0 Å². The highest BCUT2D eigenvalue weighted by molar-refractivity contribution is 7.99. The lowest BCUT2D eigenvalue weighted by atomic mass is 10.1. The van der Waals surface area contributed by atoms with E-state index in [2.05, 4.69) is 15.1 Å². The summed E-state index contributed by atoms with van der Waals surface area (Å²) in [7, 11) is -6.40. The Bertz CT molecular complexity index is 1240. The first kappa shape index (κ1) is 37.1. The van der Waals surface area contributed by atoms with E-state index in [1.54, 1.807) is 24.8 Å². The summed E-state index contributed by atoms with van der Waals surface area (Å²) in [5, 5.41) is 3.18. The summed E-state index contributed by atoms with van der Waals surface area (Å²) in [5.74, 6) is 0.573. The van der Waals surface area contributed by atoms with Crippen molar-refractivity contribution in [1.82, 2.24) is 9.80 Å². The standard InChI is InChI=1S/C31H47F3N3O4PS2/c1-24(2)40-42(41-25(3)4)21-9-15-36-17-19-37(20-18-36)16-14-27(23-43-28-10-7-6-8-11-28)35-29-13-12-26(5)22-30(29)44(38,39)31(32,33)34/h6-8,10-13,22,24-25,27,35H,9,14-21,23H2,1-5H3. The predicted molar refractivity (Wildman–Crippen MR) is 175 cm³/mol. The maximum atomic E-state index is 13.5. The van der Waals surface area contributed by atoms with Gasteiger partial charge in [0.2, 0.25) is 0 Å². The highest BCUT2D eigenvalue weighted by Gasteiger charge is 2.48. The van der Waals surface area contributed by atoms with Crippen LogP contribution in [-0.2, 0) is 18.9 Å². The molecule has 3 rings (SSSR count). The number of rotatable bonds is 17. The number of hydrogen-bond donors (Lipinski definition) is 1. The van der Waals surface area contributed by atoms with E-state index in [9.17, 15) is 21.6 Å². The molecule has 2 aromatic rings. The number of alkyl halides is 3. The van der Waals surface area contributed by atoms with Crippen LogP contribution >= 0.6 is 20.1 Å². The monoisotopic (exact) mass is 677 g/mol. The minimum absolute atomic E-state index is 0.0146. The average Bonchev–Trinajstić information content (AvgIpc) is 2.95. The summed E-state index contributed by atoms with van der Waals surface area (Å²) in [4.78, 5) is 5.14. The van der Waals surface area contributed by atoms with E-state index in [1.807, 2.05) is 58.0 Å². The number of halogens is 3. The number of benzene rings is 2. The van der Waals surface area contributed by atoms with Gasteiger partial charge in [0.1, 0.15) is 0 Å². The zero-order valence-electron chi connectivity index (χ0n) is 26.3. The normalized spacial score (nSPS) is 16.2. The Balaban J connectivity index is 1.59. The summed E-state index contributed by atoms with van der Waals surface area (Å²) in [6.45, 7) is 15.1. The molecule has 1 aliphatic heterocycles. The topological polar surface area (TPSA) is 71.1 Å². The fraction of sp³-hybridized carbons (Fsp3) is 0.613. The predicted octanol–water partition coefficient (Wildman–Crippen LogP) is 7.42. The zero-order valence-corrected chi connectivity index (χ0v) is 28.9. The number of piperazine rings is 1. The van der Waals surface area contributed by atoms with Gasteiger partial charge in [0.15, 0.2) is 8.38 Å². The summed E-state index contributed by atoms with van der Waals surface area (Å²) >= 11 is 1.60. The van der Waals surface area contributed by atoms with Crippen LogP contribution in [0.2, 0.25) is 0 Å². The molecule has 1 atom stereocenters. The van der Waals surface area contributed by atoms with E-state index >= 15 is 0 Å². The molecule has 1 fully saturated rings. The number of thioether (sulfide) groups is 1. The summed E-state index contributed by atoms with van der Waals surface area (Å²) in [6.07, 6.45) is 2.85. The van der Waals surface area contributed by atoms with Crippen LogP contribution in [0.25, 0.3) is 0 Å². The van der Waals surface area contributed by atoms with Gasteiger partial charge in [-0.2, -0.15) is 13.2 Å². The lowest BCUT2D eigenvalue weighted by Crippen LogP contribution is -2.47. The van der Waals surface area contributed by atoms with Crippen LogP contribution in [-0.4, -0.2) is 93.2 Å². The van der Waals surface area contributed by atoms with Crippen LogP contribution in [0.5, 0.6) is 0 Å². The maximum absolute atomic E-state index is 13.5. The summed E-state index contributed by atoms with van der Waals surface area (Å²) in [6, 6.07) is 13.7. The molecule has 7 nitrogen and oxygen atoms in total. The molecule has 0 saturated carbocycles. The highest BCUT2D eigenvalue weighted by Crippen LogP contribution is 2.41. The highest BCUT2D eigenvalue weighted by atomic mass is 32.2. The number of sulfone groups is 1. The Kier molecular flexibility index (Phi) is 14.7. The zero-order chi connectivity index (χ0) is 32.3.